The number of imidazole rings is 1. The Morgan fingerprint density at radius 2 is 1.97 bits per heavy atom. The van der Waals surface area contributed by atoms with Gasteiger partial charge in [0.25, 0.3) is 5.91 Å². The van der Waals surface area contributed by atoms with Gasteiger partial charge in [0.2, 0.25) is 5.95 Å². The molecule has 4 rings (SSSR count). The van der Waals surface area contributed by atoms with E-state index in [1.165, 1.54) is 25.0 Å². The SMILES string of the molecule is CN(C)c1ncc(C(=O)N[C@@H]2CO[C@H](Cn3cnc4ncnc(N)c43)[C@@H](O)[C@H]2O)cn1. The molecule has 31 heavy (non-hydrogen) atoms. The molecule has 0 saturated carbocycles. The van der Waals surface area contributed by atoms with E-state index in [0.29, 0.717) is 17.1 Å². The predicted octanol–water partition coefficient (Wildman–Crippen LogP) is -1.82. The molecule has 1 fully saturated rings. The number of ether oxygens (including phenoxy) is 1. The lowest BCUT2D eigenvalue weighted by molar-refractivity contribution is -0.152. The molecule has 0 unspecified atom stereocenters. The first-order valence-electron chi connectivity index (χ1n) is 9.54. The Morgan fingerprint density at radius 1 is 1.23 bits per heavy atom. The number of nitrogen functional groups attached to an aromatic ring is 1. The van der Waals surface area contributed by atoms with Crippen LogP contribution in [0.3, 0.4) is 0 Å². The molecule has 5 N–H and O–H groups in total. The number of fused-ring (bicyclic) bond motifs is 1. The van der Waals surface area contributed by atoms with Crippen LogP contribution in [0.4, 0.5) is 11.8 Å². The lowest BCUT2D eigenvalue weighted by Crippen LogP contribution is -2.59. The summed E-state index contributed by atoms with van der Waals surface area (Å²) in [5, 5.41) is 23.8. The molecule has 1 saturated heterocycles. The van der Waals surface area contributed by atoms with E-state index in [4.69, 9.17) is 10.5 Å². The van der Waals surface area contributed by atoms with E-state index in [1.807, 2.05) is 0 Å². The number of hydrogen-bond acceptors (Lipinski definition) is 11. The highest BCUT2D eigenvalue weighted by molar-refractivity contribution is 5.93. The van der Waals surface area contributed by atoms with Crippen molar-refractivity contribution in [3.8, 4) is 0 Å². The van der Waals surface area contributed by atoms with Crippen LogP contribution in [0, 0.1) is 0 Å². The van der Waals surface area contributed by atoms with Gasteiger partial charge in [0, 0.05) is 26.5 Å². The highest BCUT2D eigenvalue weighted by Gasteiger charge is 2.39. The first-order valence-corrected chi connectivity index (χ1v) is 9.54. The van der Waals surface area contributed by atoms with Crippen molar-refractivity contribution in [1.82, 2.24) is 34.8 Å². The second-order valence-corrected chi connectivity index (χ2v) is 7.43. The van der Waals surface area contributed by atoms with Gasteiger partial charge in [-0.05, 0) is 0 Å². The number of anilines is 2. The van der Waals surface area contributed by atoms with E-state index in [1.54, 1.807) is 23.6 Å². The molecule has 164 valence electrons. The molecule has 1 aliphatic rings. The number of aliphatic hydroxyl groups excluding tert-OH is 2. The number of nitrogens with two attached hydrogens (primary N) is 1. The Bertz CT molecular complexity index is 1070. The van der Waals surface area contributed by atoms with E-state index in [9.17, 15) is 15.0 Å². The maximum Gasteiger partial charge on any atom is 0.254 e. The van der Waals surface area contributed by atoms with E-state index in [2.05, 4.69) is 30.2 Å². The minimum Gasteiger partial charge on any atom is -0.388 e. The maximum absolute atomic E-state index is 12.5. The molecule has 0 aliphatic carbocycles. The van der Waals surface area contributed by atoms with E-state index in [0.717, 1.165) is 0 Å². The number of amides is 1. The zero-order valence-electron chi connectivity index (χ0n) is 17.0. The highest BCUT2D eigenvalue weighted by atomic mass is 16.5. The quantitative estimate of drug-likeness (QED) is 0.359. The zero-order valence-corrected chi connectivity index (χ0v) is 17.0. The lowest BCUT2D eigenvalue weighted by Gasteiger charge is -2.38. The molecule has 0 spiro atoms. The Labute approximate surface area is 176 Å². The Balaban J connectivity index is 1.41. The summed E-state index contributed by atoms with van der Waals surface area (Å²) in [6.07, 6.45) is 2.37. The molecule has 1 amide bonds. The molecule has 3 aromatic heterocycles. The van der Waals surface area contributed by atoms with Crippen molar-refractivity contribution in [1.29, 1.82) is 0 Å². The van der Waals surface area contributed by atoms with Gasteiger partial charge >= 0.3 is 0 Å². The van der Waals surface area contributed by atoms with Crippen LogP contribution in [0.2, 0.25) is 0 Å². The van der Waals surface area contributed by atoms with Gasteiger partial charge in [0.15, 0.2) is 11.5 Å². The fraction of sp³-hybridized carbons (Fsp3) is 0.444. The number of carbonyl (C=O) groups is 1. The largest absolute Gasteiger partial charge is 0.388 e. The van der Waals surface area contributed by atoms with Crippen LogP contribution in [0.1, 0.15) is 10.4 Å². The van der Waals surface area contributed by atoms with E-state index in [-0.39, 0.29) is 24.5 Å². The third kappa shape index (κ3) is 4.10. The maximum atomic E-state index is 12.5. The lowest BCUT2D eigenvalue weighted by atomic mass is 9.97. The number of nitrogens with one attached hydrogen (secondary N) is 1. The summed E-state index contributed by atoms with van der Waals surface area (Å²) in [5.41, 5.74) is 7.07. The topological polar surface area (TPSA) is 177 Å². The smallest absolute Gasteiger partial charge is 0.254 e. The van der Waals surface area contributed by atoms with Gasteiger partial charge in [-0.25, -0.2) is 24.9 Å². The van der Waals surface area contributed by atoms with Crippen molar-refractivity contribution in [3.63, 3.8) is 0 Å². The van der Waals surface area contributed by atoms with Crippen molar-refractivity contribution < 1.29 is 19.7 Å². The van der Waals surface area contributed by atoms with Crippen molar-refractivity contribution in [2.75, 3.05) is 31.3 Å². The molecule has 0 bridgehead atoms. The van der Waals surface area contributed by atoms with Gasteiger partial charge in [-0.2, -0.15) is 0 Å². The fourth-order valence-corrected chi connectivity index (χ4v) is 3.36. The Kier molecular flexibility index (Phi) is 5.63. The number of nitrogens with zero attached hydrogens (tertiary/aromatic N) is 7. The molecule has 13 heteroatoms. The summed E-state index contributed by atoms with van der Waals surface area (Å²) in [6, 6.07) is -0.805. The predicted molar refractivity (Wildman–Crippen MR) is 109 cm³/mol. The molecule has 4 heterocycles. The fourth-order valence-electron chi connectivity index (χ4n) is 3.36. The Morgan fingerprint density at radius 3 is 2.68 bits per heavy atom. The number of aliphatic hydroxyl groups is 2. The number of aromatic nitrogens is 6. The van der Waals surface area contributed by atoms with Gasteiger partial charge < -0.3 is 35.5 Å². The normalized spacial score (nSPS) is 23.6. The number of rotatable bonds is 5. The second kappa shape index (κ2) is 8.37. The molecular formula is C18H23N9O4. The Hall–Kier alpha value is -3.42. The summed E-state index contributed by atoms with van der Waals surface area (Å²) < 4.78 is 7.39. The minimum absolute atomic E-state index is 0.00385. The first-order chi connectivity index (χ1) is 14.8. The van der Waals surface area contributed by atoms with Crippen LogP contribution < -0.4 is 16.0 Å². The third-order valence-electron chi connectivity index (χ3n) is 5.06. The highest BCUT2D eigenvalue weighted by Crippen LogP contribution is 2.21. The molecule has 13 nitrogen and oxygen atoms in total. The van der Waals surface area contributed by atoms with Crippen molar-refractivity contribution in [2.24, 2.45) is 0 Å². The van der Waals surface area contributed by atoms with Crippen LogP contribution in [0.15, 0.2) is 25.0 Å². The molecule has 4 atom stereocenters. The average molecular weight is 429 g/mol. The summed E-state index contributed by atoms with van der Waals surface area (Å²) in [7, 11) is 3.58. The monoisotopic (exact) mass is 429 g/mol. The van der Waals surface area contributed by atoms with Crippen molar-refractivity contribution in [3.05, 3.63) is 30.6 Å². The molecular weight excluding hydrogens is 406 g/mol. The average Bonchev–Trinajstić information content (AvgIpc) is 3.17. The van der Waals surface area contributed by atoms with Crippen LogP contribution in [0.5, 0.6) is 0 Å². The van der Waals surface area contributed by atoms with Crippen LogP contribution >= 0.6 is 0 Å². The van der Waals surface area contributed by atoms with Crippen LogP contribution in [-0.4, -0.2) is 90.7 Å². The number of hydrogen-bond donors (Lipinski definition) is 4. The standard InChI is InChI=1S/C18H23N9O4/c1-26(2)18-20-3-9(4-21-18)17(30)25-10-6-31-11(14(29)13(10)28)5-27-8-24-16-12(27)15(19)22-7-23-16/h3-4,7-8,10-11,13-14,28-29H,5-6H2,1-2H3,(H,25,30)(H2,19,22,23)/t10-,11-,13+,14-/m1/s1. The van der Waals surface area contributed by atoms with Gasteiger partial charge in [0.1, 0.15) is 30.2 Å². The van der Waals surface area contributed by atoms with E-state index < -0.39 is 30.3 Å². The van der Waals surface area contributed by atoms with E-state index >= 15 is 0 Å². The number of carbonyl (C=O) groups excluding carboxylic acids is 1. The summed E-state index contributed by atoms with van der Waals surface area (Å²) in [4.78, 5) is 34.5. The van der Waals surface area contributed by atoms with Gasteiger partial charge in [-0.3, -0.25) is 4.79 Å². The van der Waals surface area contributed by atoms with Crippen LogP contribution in [-0.2, 0) is 11.3 Å². The van der Waals surface area contributed by atoms with Crippen molar-refractivity contribution in [2.45, 2.75) is 30.9 Å². The second-order valence-electron chi connectivity index (χ2n) is 7.43. The van der Waals surface area contributed by atoms with Crippen molar-refractivity contribution >= 4 is 28.8 Å². The summed E-state index contributed by atoms with van der Waals surface area (Å²) in [5.74, 6) is 0.240. The summed E-state index contributed by atoms with van der Waals surface area (Å²) in [6.45, 7) is 0.177. The van der Waals surface area contributed by atoms with Gasteiger partial charge in [-0.15, -0.1) is 0 Å². The van der Waals surface area contributed by atoms with Gasteiger partial charge in [0.05, 0.1) is 31.1 Å². The minimum atomic E-state index is -1.25. The summed E-state index contributed by atoms with van der Waals surface area (Å²) >= 11 is 0. The molecule has 1 aliphatic heterocycles. The molecule has 3 aromatic rings. The zero-order chi connectivity index (χ0) is 22.1. The molecule has 0 radical (unpaired) electrons. The molecule has 0 aromatic carbocycles. The van der Waals surface area contributed by atoms with Gasteiger partial charge in [-0.1, -0.05) is 0 Å². The third-order valence-corrected chi connectivity index (χ3v) is 5.06. The first kappa shape index (κ1) is 20.8. The van der Waals surface area contributed by atoms with Crippen LogP contribution in [0.25, 0.3) is 11.2 Å².